The number of para-hydroxylation sites is 1. The van der Waals surface area contributed by atoms with E-state index in [-0.39, 0.29) is 4.90 Å². The highest BCUT2D eigenvalue weighted by atomic mass is 32.2. The van der Waals surface area contributed by atoms with Crippen LogP contribution in [0.2, 0.25) is 0 Å². The van der Waals surface area contributed by atoms with Crippen molar-refractivity contribution in [2.24, 2.45) is 0 Å². The Balaban J connectivity index is 1.98. The van der Waals surface area contributed by atoms with E-state index in [2.05, 4.69) is 6.92 Å². The lowest BCUT2D eigenvalue weighted by Crippen LogP contribution is -2.35. The summed E-state index contributed by atoms with van der Waals surface area (Å²) in [6.45, 7) is 6.56. The number of amides is 1. The molecule has 178 valence electrons. The molecule has 0 radical (unpaired) electrons. The van der Waals surface area contributed by atoms with Gasteiger partial charge in [0.05, 0.1) is 17.2 Å². The van der Waals surface area contributed by atoms with E-state index in [1.165, 1.54) is 18.2 Å². The smallest absolute Gasteiger partial charge is 0.271 e. The first-order valence-electron chi connectivity index (χ1n) is 11.5. The average Bonchev–Trinajstić information content (AvgIpc) is 2.84. The third-order valence-electron chi connectivity index (χ3n) is 5.42. The number of nitrogens with zero attached hydrogens (tertiary/aromatic N) is 1. The minimum absolute atomic E-state index is 0.0581. The number of carbonyl (C=O) groups excluding carboxylic acids is 1. The monoisotopic (exact) mass is 477 g/mol. The van der Waals surface area contributed by atoms with Gasteiger partial charge in [0.2, 0.25) is 0 Å². The Bertz CT molecular complexity index is 1230. The van der Waals surface area contributed by atoms with E-state index in [0.29, 0.717) is 23.6 Å². The standard InChI is InChI=1S/C28H31NO4S/c1-4-6-21-33-27-10-8-7-9-24(27)15-20-28(30)29(25-16-13-23(5-2)14-17-25)34(31,32)26-18-11-22(3)12-19-26/h7-20H,4-6,21H2,1-3H3/b20-15+. The number of carbonyl (C=O) groups is 1. The van der Waals surface area contributed by atoms with Gasteiger partial charge >= 0.3 is 0 Å². The van der Waals surface area contributed by atoms with Gasteiger partial charge in [-0.1, -0.05) is 68.3 Å². The molecule has 3 rings (SSSR count). The molecular weight excluding hydrogens is 446 g/mol. The number of hydrogen-bond donors (Lipinski definition) is 0. The minimum atomic E-state index is -4.12. The summed E-state index contributed by atoms with van der Waals surface area (Å²) in [5.41, 5.74) is 2.99. The van der Waals surface area contributed by atoms with Gasteiger partial charge in [-0.05, 0) is 61.7 Å². The third kappa shape index (κ3) is 6.14. The van der Waals surface area contributed by atoms with Gasteiger partial charge in [0, 0.05) is 11.6 Å². The van der Waals surface area contributed by atoms with Crippen LogP contribution in [0, 0.1) is 6.92 Å². The van der Waals surface area contributed by atoms with Crippen LogP contribution in [-0.4, -0.2) is 20.9 Å². The Kier molecular flexibility index (Phi) is 8.66. The predicted octanol–water partition coefficient (Wildman–Crippen LogP) is 6.17. The Morgan fingerprint density at radius 2 is 1.62 bits per heavy atom. The summed E-state index contributed by atoms with van der Waals surface area (Å²) in [5.74, 6) is -0.00609. The lowest BCUT2D eigenvalue weighted by Gasteiger charge is -2.22. The first kappa shape index (κ1) is 25.2. The molecule has 0 spiro atoms. The van der Waals surface area contributed by atoms with Crippen molar-refractivity contribution in [3.63, 3.8) is 0 Å². The Hall–Kier alpha value is -3.38. The first-order valence-corrected chi connectivity index (χ1v) is 13.0. The molecule has 0 aromatic heterocycles. The molecule has 0 aliphatic rings. The van der Waals surface area contributed by atoms with Crippen LogP contribution in [0.4, 0.5) is 5.69 Å². The van der Waals surface area contributed by atoms with Gasteiger partial charge in [-0.2, -0.15) is 4.31 Å². The first-order chi connectivity index (χ1) is 16.4. The molecule has 0 aliphatic carbocycles. The fourth-order valence-electron chi connectivity index (χ4n) is 3.37. The Morgan fingerprint density at radius 3 is 2.26 bits per heavy atom. The molecule has 0 saturated carbocycles. The molecule has 0 atom stereocenters. The molecule has 0 N–H and O–H groups in total. The maximum Gasteiger partial charge on any atom is 0.271 e. The maximum atomic E-state index is 13.5. The zero-order valence-electron chi connectivity index (χ0n) is 19.9. The second-order valence-corrected chi connectivity index (χ2v) is 9.80. The van der Waals surface area contributed by atoms with Crippen molar-refractivity contribution < 1.29 is 17.9 Å². The van der Waals surface area contributed by atoms with Gasteiger partial charge in [0.25, 0.3) is 15.9 Å². The second-order valence-electron chi connectivity index (χ2n) is 8.01. The molecule has 0 unspecified atom stereocenters. The Morgan fingerprint density at radius 1 is 0.941 bits per heavy atom. The van der Waals surface area contributed by atoms with Crippen molar-refractivity contribution >= 4 is 27.7 Å². The highest BCUT2D eigenvalue weighted by molar-refractivity contribution is 7.93. The summed E-state index contributed by atoms with van der Waals surface area (Å²) in [4.78, 5) is 13.4. The molecule has 0 aliphatic heterocycles. The number of anilines is 1. The van der Waals surface area contributed by atoms with Crippen molar-refractivity contribution in [3.8, 4) is 5.75 Å². The normalized spacial score (nSPS) is 11.5. The third-order valence-corrected chi connectivity index (χ3v) is 7.16. The molecule has 3 aromatic rings. The van der Waals surface area contributed by atoms with Gasteiger partial charge in [0.15, 0.2) is 0 Å². The molecule has 3 aromatic carbocycles. The largest absolute Gasteiger partial charge is 0.493 e. The van der Waals surface area contributed by atoms with Gasteiger partial charge in [-0.15, -0.1) is 0 Å². The fraction of sp³-hybridized carbons (Fsp3) is 0.250. The SMILES string of the molecule is CCCCOc1ccccc1/C=C/C(=O)N(c1ccc(CC)cc1)S(=O)(=O)c1ccc(C)cc1. The van der Waals surface area contributed by atoms with Crippen molar-refractivity contribution in [2.45, 2.75) is 44.9 Å². The van der Waals surface area contributed by atoms with E-state index in [1.54, 1.807) is 30.3 Å². The zero-order valence-corrected chi connectivity index (χ0v) is 20.7. The van der Waals surface area contributed by atoms with E-state index in [0.717, 1.165) is 34.7 Å². The number of unbranched alkanes of at least 4 members (excludes halogenated alkanes) is 1. The summed E-state index contributed by atoms with van der Waals surface area (Å²) in [7, 11) is -4.12. The summed E-state index contributed by atoms with van der Waals surface area (Å²) in [6, 6.07) is 20.9. The number of aryl methyl sites for hydroxylation is 2. The van der Waals surface area contributed by atoms with E-state index in [1.807, 2.05) is 50.2 Å². The molecule has 1 amide bonds. The van der Waals surface area contributed by atoms with Crippen molar-refractivity contribution in [3.05, 3.63) is 95.6 Å². The topological polar surface area (TPSA) is 63.7 Å². The number of ether oxygens (including phenoxy) is 1. The summed E-state index contributed by atoms with van der Waals surface area (Å²) >= 11 is 0. The highest BCUT2D eigenvalue weighted by Crippen LogP contribution is 2.26. The molecule has 0 saturated heterocycles. The van der Waals surface area contributed by atoms with Crippen molar-refractivity contribution in [2.75, 3.05) is 10.9 Å². The zero-order chi connectivity index (χ0) is 24.6. The van der Waals surface area contributed by atoms with Gasteiger partial charge < -0.3 is 4.74 Å². The van der Waals surface area contributed by atoms with Crippen LogP contribution in [0.1, 0.15) is 43.4 Å². The summed E-state index contributed by atoms with van der Waals surface area (Å²) in [5, 5.41) is 0. The van der Waals surface area contributed by atoms with Crippen LogP contribution < -0.4 is 9.04 Å². The molecule has 6 heteroatoms. The maximum absolute atomic E-state index is 13.5. The number of sulfonamides is 1. The van der Waals surface area contributed by atoms with Gasteiger partial charge in [0.1, 0.15) is 5.75 Å². The van der Waals surface area contributed by atoms with Crippen LogP contribution in [0.3, 0.4) is 0 Å². The Labute approximate surface area is 202 Å². The lowest BCUT2D eigenvalue weighted by atomic mass is 10.1. The van der Waals surface area contributed by atoms with Crippen LogP contribution in [-0.2, 0) is 21.2 Å². The van der Waals surface area contributed by atoms with Crippen LogP contribution in [0.5, 0.6) is 5.75 Å². The lowest BCUT2D eigenvalue weighted by molar-refractivity contribution is -0.113. The molecule has 5 nitrogen and oxygen atoms in total. The van der Waals surface area contributed by atoms with Crippen LogP contribution in [0.15, 0.2) is 83.8 Å². The molecule has 0 fully saturated rings. The van der Waals surface area contributed by atoms with Crippen LogP contribution >= 0.6 is 0 Å². The summed E-state index contributed by atoms with van der Waals surface area (Å²) < 4.78 is 33.8. The average molecular weight is 478 g/mol. The van der Waals surface area contributed by atoms with Crippen molar-refractivity contribution in [1.29, 1.82) is 0 Å². The van der Waals surface area contributed by atoms with Crippen LogP contribution in [0.25, 0.3) is 6.08 Å². The fourth-order valence-corrected chi connectivity index (χ4v) is 4.76. The van der Waals surface area contributed by atoms with Gasteiger partial charge in [-0.3, -0.25) is 4.79 Å². The highest BCUT2D eigenvalue weighted by Gasteiger charge is 2.29. The second kappa shape index (κ2) is 11.7. The van der Waals surface area contributed by atoms with E-state index >= 15 is 0 Å². The minimum Gasteiger partial charge on any atom is -0.493 e. The number of benzene rings is 3. The van der Waals surface area contributed by atoms with E-state index in [9.17, 15) is 13.2 Å². The van der Waals surface area contributed by atoms with E-state index < -0.39 is 15.9 Å². The van der Waals surface area contributed by atoms with Gasteiger partial charge in [-0.25, -0.2) is 8.42 Å². The molecule has 0 heterocycles. The predicted molar refractivity (Wildman–Crippen MR) is 138 cm³/mol. The quantitative estimate of drug-likeness (QED) is 0.259. The molecule has 0 bridgehead atoms. The van der Waals surface area contributed by atoms with E-state index in [4.69, 9.17) is 4.74 Å². The summed E-state index contributed by atoms with van der Waals surface area (Å²) in [6.07, 6.45) is 5.63. The number of rotatable bonds is 10. The molecule has 34 heavy (non-hydrogen) atoms. The number of hydrogen-bond acceptors (Lipinski definition) is 4. The molecular formula is C28H31NO4S. The van der Waals surface area contributed by atoms with Crippen molar-refractivity contribution in [1.82, 2.24) is 0 Å².